The Bertz CT molecular complexity index is 1180. The van der Waals surface area contributed by atoms with Crippen LogP contribution >= 0.6 is 23.1 Å². The number of aromatic nitrogens is 3. The molecule has 0 fully saturated rings. The van der Waals surface area contributed by atoms with Crippen LogP contribution in [0.5, 0.6) is 0 Å². The van der Waals surface area contributed by atoms with Crippen molar-refractivity contribution in [1.82, 2.24) is 15.2 Å². The van der Waals surface area contributed by atoms with Crippen molar-refractivity contribution in [2.75, 3.05) is 11.1 Å². The quantitative estimate of drug-likeness (QED) is 0.459. The third-order valence-electron chi connectivity index (χ3n) is 3.72. The lowest BCUT2D eigenvalue weighted by atomic mass is 10.2. The summed E-state index contributed by atoms with van der Waals surface area (Å²) < 4.78 is 5.45. The number of para-hydroxylation sites is 1. The Balaban J connectivity index is 1.39. The molecule has 0 aliphatic heterocycles. The Morgan fingerprint density at radius 1 is 1.32 bits per heavy atom. The van der Waals surface area contributed by atoms with Crippen LogP contribution in [-0.4, -0.2) is 26.8 Å². The topological polar surface area (TPSA) is 108 Å². The lowest BCUT2D eigenvalue weighted by Gasteiger charge is -2.02. The molecule has 1 amide bonds. The summed E-state index contributed by atoms with van der Waals surface area (Å²) in [5.41, 5.74) is 0.941. The summed E-state index contributed by atoms with van der Waals surface area (Å²) in [4.78, 5) is 17.8. The molecule has 138 valence electrons. The first-order valence-corrected chi connectivity index (χ1v) is 10.1. The van der Waals surface area contributed by atoms with E-state index < -0.39 is 0 Å². The molecule has 7 nitrogen and oxygen atoms in total. The third kappa shape index (κ3) is 3.98. The monoisotopic (exact) mass is 407 g/mol. The number of H-pyrrole nitrogens is 1. The van der Waals surface area contributed by atoms with Crippen LogP contribution in [0.15, 0.2) is 51.4 Å². The van der Waals surface area contributed by atoms with Gasteiger partial charge in [-0.25, -0.2) is 4.98 Å². The zero-order chi connectivity index (χ0) is 19.3. The Morgan fingerprint density at radius 2 is 2.21 bits per heavy atom. The van der Waals surface area contributed by atoms with Crippen molar-refractivity contribution in [3.8, 4) is 6.07 Å². The molecule has 0 spiro atoms. The van der Waals surface area contributed by atoms with E-state index in [-0.39, 0.29) is 17.4 Å². The fourth-order valence-corrected chi connectivity index (χ4v) is 3.72. The van der Waals surface area contributed by atoms with Gasteiger partial charge in [0.05, 0.1) is 5.75 Å². The minimum absolute atomic E-state index is 0.0819. The van der Waals surface area contributed by atoms with E-state index in [4.69, 9.17) is 4.42 Å². The van der Waals surface area contributed by atoms with Crippen LogP contribution < -0.4 is 5.32 Å². The average molecular weight is 407 g/mol. The molecule has 0 bridgehead atoms. The number of benzene rings is 1. The summed E-state index contributed by atoms with van der Waals surface area (Å²) in [6, 6.07) is 13.1. The number of rotatable bonds is 6. The summed E-state index contributed by atoms with van der Waals surface area (Å²) in [5.74, 6) is 0.534. The van der Waals surface area contributed by atoms with Gasteiger partial charge in [-0.05, 0) is 35.7 Å². The molecule has 0 saturated carbocycles. The number of thiophene rings is 1. The van der Waals surface area contributed by atoms with Gasteiger partial charge in [0.2, 0.25) is 16.8 Å². The van der Waals surface area contributed by atoms with E-state index >= 15 is 0 Å². The van der Waals surface area contributed by atoms with Crippen molar-refractivity contribution in [3.63, 3.8) is 0 Å². The molecule has 0 aliphatic carbocycles. The first kappa shape index (κ1) is 18.0. The van der Waals surface area contributed by atoms with E-state index in [0.717, 1.165) is 4.88 Å². The summed E-state index contributed by atoms with van der Waals surface area (Å²) in [7, 11) is 0. The van der Waals surface area contributed by atoms with Gasteiger partial charge in [-0.2, -0.15) is 5.26 Å². The molecule has 0 atom stereocenters. The molecular weight excluding hydrogens is 394 g/mol. The van der Waals surface area contributed by atoms with E-state index in [1.54, 1.807) is 23.5 Å². The molecule has 1 aromatic carbocycles. The number of hydrogen-bond donors (Lipinski definition) is 2. The predicted octanol–water partition coefficient (Wildman–Crippen LogP) is 4.39. The zero-order valence-electron chi connectivity index (χ0n) is 14.4. The van der Waals surface area contributed by atoms with Gasteiger partial charge in [0.15, 0.2) is 0 Å². The number of hydrogen-bond acceptors (Lipinski definition) is 7. The molecule has 0 aliphatic rings. The minimum atomic E-state index is -0.270. The summed E-state index contributed by atoms with van der Waals surface area (Å²) in [6.07, 6.45) is 3.78. The molecule has 0 unspecified atom stereocenters. The van der Waals surface area contributed by atoms with Crippen molar-refractivity contribution in [1.29, 1.82) is 5.26 Å². The fraction of sp³-hybridized carbons (Fsp3) is 0.0526. The van der Waals surface area contributed by atoms with Gasteiger partial charge in [-0.1, -0.05) is 30.0 Å². The van der Waals surface area contributed by atoms with Gasteiger partial charge in [0, 0.05) is 10.3 Å². The molecule has 0 saturated heterocycles. The van der Waals surface area contributed by atoms with Gasteiger partial charge in [0.1, 0.15) is 23.2 Å². The number of furan rings is 1. The van der Waals surface area contributed by atoms with Gasteiger partial charge in [0.25, 0.3) is 0 Å². The van der Waals surface area contributed by atoms with Gasteiger partial charge >= 0.3 is 0 Å². The zero-order valence-corrected chi connectivity index (χ0v) is 16.0. The number of aromatic amines is 1. The van der Waals surface area contributed by atoms with Gasteiger partial charge in [-0.15, -0.1) is 16.4 Å². The lowest BCUT2D eigenvalue weighted by Crippen LogP contribution is -2.14. The normalized spacial score (nSPS) is 11.1. The number of carbonyl (C=O) groups excluding carboxylic acids is 1. The SMILES string of the molecule is N#Cc1oc2ccccc2c1NC(=O)CSc1n[nH]c(/C=C/c2cccs2)n1. The number of fused-ring (bicyclic) bond motifs is 1. The van der Waals surface area contributed by atoms with Crippen molar-refractivity contribution in [2.24, 2.45) is 0 Å². The molecule has 0 radical (unpaired) electrons. The molecule has 2 N–H and O–H groups in total. The molecule has 28 heavy (non-hydrogen) atoms. The Morgan fingerprint density at radius 3 is 3.04 bits per heavy atom. The highest BCUT2D eigenvalue weighted by molar-refractivity contribution is 7.99. The first-order chi connectivity index (χ1) is 13.7. The summed E-state index contributed by atoms with van der Waals surface area (Å²) in [6.45, 7) is 0. The molecule has 9 heteroatoms. The summed E-state index contributed by atoms with van der Waals surface area (Å²) in [5, 5.41) is 22.1. The highest BCUT2D eigenvalue weighted by atomic mass is 32.2. The van der Waals surface area contributed by atoms with Crippen LogP contribution in [0.4, 0.5) is 5.69 Å². The number of carbonyl (C=O) groups is 1. The van der Waals surface area contributed by atoms with Crippen LogP contribution in [0.1, 0.15) is 16.5 Å². The second-order valence-electron chi connectivity index (χ2n) is 5.60. The second-order valence-corrected chi connectivity index (χ2v) is 7.52. The van der Waals surface area contributed by atoms with E-state index in [9.17, 15) is 10.1 Å². The number of nitriles is 1. The highest BCUT2D eigenvalue weighted by Gasteiger charge is 2.16. The van der Waals surface area contributed by atoms with Gasteiger partial charge < -0.3 is 9.73 Å². The maximum Gasteiger partial charge on any atom is 0.234 e. The Kier molecular flexibility index (Phi) is 5.23. The molecule has 4 rings (SSSR count). The van der Waals surface area contributed by atoms with E-state index in [0.29, 0.717) is 27.6 Å². The maximum absolute atomic E-state index is 12.3. The van der Waals surface area contributed by atoms with Crippen LogP contribution in [0.2, 0.25) is 0 Å². The standard InChI is InChI=1S/C19H13N5O2S2/c20-10-15-18(13-5-1-2-6-14(13)26-15)22-17(25)11-28-19-21-16(23-24-19)8-7-12-4-3-9-27-12/h1-9H,11H2,(H,22,25)(H,21,23,24)/b8-7+. The maximum atomic E-state index is 12.3. The fourth-order valence-electron chi connectivity index (χ4n) is 2.50. The van der Waals surface area contributed by atoms with Crippen molar-refractivity contribution < 1.29 is 9.21 Å². The van der Waals surface area contributed by atoms with Crippen molar-refractivity contribution in [3.05, 3.63) is 58.2 Å². The van der Waals surface area contributed by atoms with E-state index in [2.05, 4.69) is 20.5 Å². The molecular formula is C19H13N5O2S2. The number of nitrogens with zero attached hydrogens (tertiary/aromatic N) is 3. The average Bonchev–Trinajstić information content (AvgIpc) is 3.45. The number of anilines is 1. The van der Waals surface area contributed by atoms with Crippen LogP contribution in [0.25, 0.3) is 23.1 Å². The van der Waals surface area contributed by atoms with E-state index in [1.165, 1.54) is 11.8 Å². The number of amides is 1. The number of nitrogens with one attached hydrogen (secondary N) is 2. The number of thioether (sulfide) groups is 1. The van der Waals surface area contributed by atoms with Crippen molar-refractivity contribution in [2.45, 2.75) is 5.16 Å². The lowest BCUT2D eigenvalue weighted by molar-refractivity contribution is -0.113. The molecule has 4 aromatic rings. The molecule has 3 heterocycles. The highest BCUT2D eigenvalue weighted by Crippen LogP contribution is 2.30. The minimum Gasteiger partial charge on any atom is -0.443 e. The summed E-state index contributed by atoms with van der Waals surface area (Å²) >= 11 is 2.83. The predicted molar refractivity (Wildman–Crippen MR) is 110 cm³/mol. The van der Waals surface area contributed by atoms with Crippen LogP contribution in [0, 0.1) is 11.3 Å². The first-order valence-electron chi connectivity index (χ1n) is 8.21. The smallest absolute Gasteiger partial charge is 0.234 e. The largest absolute Gasteiger partial charge is 0.443 e. The third-order valence-corrected chi connectivity index (χ3v) is 5.41. The van der Waals surface area contributed by atoms with Gasteiger partial charge in [-0.3, -0.25) is 9.89 Å². The van der Waals surface area contributed by atoms with Crippen LogP contribution in [0.3, 0.4) is 0 Å². The second kappa shape index (κ2) is 8.12. The van der Waals surface area contributed by atoms with E-state index in [1.807, 2.05) is 47.9 Å². The van der Waals surface area contributed by atoms with Crippen LogP contribution in [-0.2, 0) is 4.79 Å². The molecule has 3 aromatic heterocycles. The van der Waals surface area contributed by atoms with Crippen molar-refractivity contribution >= 4 is 57.8 Å². The Hall–Kier alpha value is -3.35. The Labute approximate surface area is 168 Å².